The molecule has 9 nitrogen and oxygen atoms in total. The van der Waals surface area contributed by atoms with E-state index in [1.54, 1.807) is 29.2 Å². The van der Waals surface area contributed by atoms with Crippen LogP contribution in [0, 0.1) is 10.1 Å². The molecular formula is C18H14ClN5O4. The lowest BCUT2D eigenvalue weighted by Gasteiger charge is -2.26. The molecule has 0 atom stereocenters. The number of non-ortho nitro benzene ring substituents is 1. The fraction of sp³-hybridized carbons (Fsp3) is 0.167. The lowest BCUT2D eigenvalue weighted by molar-refractivity contribution is -0.384. The van der Waals surface area contributed by atoms with E-state index in [0.29, 0.717) is 35.2 Å². The molecule has 28 heavy (non-hydrogen) atoms. The summed E-state index contributed by atoms with van der Waals surface area (Å²) in [7, 11) is 0. The molecule has 0 N–H and O–H groups in total. The van der Waals surface area contributed by atoms with Crippen LogP contribution < -0.4 is 5.69 Å². The molecule has 4 rings (SSSR count). The van der Waals surface area contributed by atoms with Crippen LogP contribution >= 0.6 is 11.6 Å². The van der Waals surface area contributed by atoms with E-state index in [0.717, 1.165) is 0 Å². The molecular weight excluding hydrogens is 386 g/mol. The molecule has 2 aromatic carbocycles. The topological polar surface area (TPSA) is 103 Å². The Morgan fingerprint density at radius 2 is 1.75 bits per heavy atom. The first-order valence-corrected chi connectivity index (χ1v) is 8.80. The average molecular weight is 400 g/mol. The van der Waals surface area contributed by atoms with E-state index in [4.69, 9.17) is 11.6 Å². The van der Waals surface area contributed by atoms with Gasteiger partial charge in [0, 0.05) is 35.8 Å². The van der Waals surface area contributed by atoms with Gasteiger partial charge < -0.3 is 4.90 Å². The Hall–Kier alpha value is -3.46. The standard InChI is InChI=1S/C18H14ClN5O4/c19-13-3-1-12(2-4-13)17(25)21-9-10-22-16(11-21)20-23(18(22)26)14-5-7-15(8-6-14)24(27)28/h1-8H,9-11H2. The molecule has 0 fully saturated rings. The predicted molar refractivity (Wildman–Crippen MR) is 101 cm³/mol. The third-order valence-electron chi connectivity index (χ3n) is 4.55. The molecule has 0 aliphatic carbocycles. The highest BCUT2D eigenvalue weighted by molar-refractivity contribution is 6.30. The predicted octanol–water partition coefficient (Wildman–Crippen LogP) is 2.25. The molecule has 142 valence electrons. The smallest absolute Gasteiger partial charge is 0.329 e. The maximum absolute atomic E-state index is 12.7. The van der Waals surface area contributed by atoms with Crippen LogP contribution in [0.4, 0.5) is 5.69 Å². The Kier molecular flexibility index (Phi) is 4.44. The van der Waals surface area contributed by atoms with Crippen molar-refractivity contribution in [2.75, 3.05) is 6.54 Å². The Morgan fingerprint density at radius 1 is 1.07 bits per heavy atom. The molecule has 0 bridgehead atoms. The number of aromatic nitrogens is 3. The summed E-state index contributed by atoms with van der Waals surface area (Å²) in [6, 6.07) is 12.2. The van der Waals surface area contributed by atoms with Crippen LogP contribution in [0.25, 0.3) is 5.69 Å². The normalized spacial score (nSPS) is 13.2. The molecule has 1 aromatic heterocycles. The van der Waals surface area contributed by atoms with Crippen molar-refractivity contribution in [3.05, 3.63) is 85.5 Å². The Labute approximate surface area is 163 Å². The second kappa shape index (κ2) is 6.93. The number of nitro benzene ring substituents is 1. The van der Waals surface area contributed by atoms with E-state index in [1.165, 1.54) is 33.5 Å². The summed E-state index contributed by atoms with van der Waals surface area (Å²) >= 11 is 5.86. The number of rotatable bonds is 3. The molecule has 0 radical (unpaired) electrons. The molecule has 1 aliphatic heterocycles. The summed E-state index contributed by atoms with van der Waals surface area (Å²) in [6.07, 6.45) is 0. The number of carbonyl (C=O) groups excluding carboxylic acids is 1. The SMILES string of the molecule is O=C(c1ccc(Cl)cc1)N1CCn2c(nn(-c3ccc([N+](=O)[O-])cc3)c2=O)C1. The number of amides is 1. The van der Waals surface area contributed by atoms with Crippen molar-refractivity contribution in [1.82, 2.24) is 19.2 Å². The number of fused-ring (bicyclic) bond motifs is 1. The van der Waals surface area contributed by atoms with Crippen molar-refractivity contribution in [3.8, 4) is 5.69 Å². The molecule has 0 saturated carbocycles. The lowest BCUT2D eigenvalue weighted by atomic mass is 10.2. The average Bonchev–Trinajstić information content (AvgIpc) is 3.04. The van der Waals surface area contributed by atoms with Crippen molar-refractivity contribution in [2.45, 2.75) is 13.1 Å². The lowest BCUT2D eigenvalue weighted by Crippen LogP contribution is -2.40. The van der Waals surface area contributed by atoms with Crippen molar-refractivity contribution < 1.29 is 9.72 Å². The minimum absolute atomic E-state index is 0.0690. The van der Waals surface area contributed by atoms with Crippen LogP contribution in [0.1, 0.15) is 16.2 Å². The molecule has 1 amide bonds. The Bertz CT molecular complexity index is 1120. The quantitative estimate of drug-likeness (QED) is 0.496. The summed E-state index contributed by atoms with van der Waals surface area (Å²) in [4.78, 5) is 37.2. The number of nitro groups is 1. The minimum Gasteiger partial charge on any atom is -0.329 e. The zero-order valence-corrected chi connectivity index (χ0v) is 15.2. The second-order valence-electron chi connectivity index (χ2n) is 6.27. The maximum atomic E-state index is 12.7. The Morgan fingerprint density at radius 3 is 2.39 bits per heavy atom. The molecule has 0 spiro atoms. The summed E-state index contributed by atoms with van der Waals surface area (Å²) in [6.45, 7) is 0.886. The third-order valence-corrected chi connectivity index (χ3v) is 4.80. The van der Waals surface area contributed by atoms with Crippen LogP contribution in [0.2, 0.25) is 5.02 Å². The van der Waals surface area contributed by atoms with Crippen LogP contribution in [-0.4, -0.2) is 36.6 Å². The van der Waals surface area contributed by atoms with E-state index in [-0.39, 0.29) is 23.8 Å². The fourth-order valence-electron chi connectivity index (χ4n) is 3.08. The summed E-state index contributed by atoms with van der Waals surface area (Å²) < 4.78 is 2.70. The summed E-state index contributed by atoms with van der Waals surface area (Å²) in [5.74, 6) is 0.289. The van der Waals surface area contributed by atoms with Crippen molar-refractivity contribution in [2.24, 2.45) is 0 Å². The van der Waals surface area contributed by atoms with Gasteiger partial charge >= 0.3 is 5.69 Å². The molecule has 2 heterocycles. The highest BCUT2D eigenvalue weighted by Gasteiger charge is 2.26. The summed E-state index contributed by atoms with van der Waals surface area (Å²) in [5.41, 5.74) is 0.519. The summed E-state index contributed by atoms with van der Waals surface area (Å²) in [5, 5.41) is 15.6. The molecule has 1 aliphatic rings. The second-order valence-corrected chi connectivity index (χ2v) is 6.71. The van der Waals surface area contributed by atoms with Gasteiger partial charge in [0.2, 0.25) is 0 Å². The van der Waals surface area contributed by atoms with Gasteiger partial charge in [0.1, 0.15) is 0 Å². The van der Waals surface area contributed by atoms with Gasteiger partial charge in [-0.15, -0.1) is 5.10 Å². The van der Waals surface area contributed by atoms with Gasteiger partial charge in [0.15, 0.2) is 5.82 Å². The van der Waals surface area contributed by atoms with E-state index >= 15 is 0 Å². The first-order chi connectivity index (χ1) is 13.4. The number of hydrogen-bond acceptors (Lipinski definition) is 5. The van der Waals surface area contributed by atoms with Crippen LogP contribution in [0.5, 0.6) is 0 Å². The third kappa shape index (κ3) is 3.16. The fourth-order valence-corrected chi connectivity index (χ4v) is 3.21. The first kappa shape index (κ1) is 17.9. The van der Waals surface area contributed by atoms with Gasteiger partial charge in [0.05, 0.1) is 17.2 Å². The monoisotopic (exact) mass is 399 g/mol. The van der Waals surface area contributed by atoms with Crippen LogP contribution in [0.15, 0.2) is 53.3 Å². The van der Waals surface area contributed by atoms with E-state index in [9.17, 15) is 19.7 Å². The number of hydrogen-bond donors (Lipinski definition) is 0. The van der Waals surface area contributed by atoms with E-state index in [2.05, 4.69) is 5.10 Å². The number of benzene rings is 2. The minimum atomic E-state index is -0.509. The first-order valence-electron chi connectivity index (χ1n) is 8.42. The van der Waals surface area contributed by atoms with Gasteiger partial charge in [-0.25, -0.2) is 4.79 Å². The van der Waals surface area contributed by atoms with Gasteiger partial charge in [-0.2, -0.15) is 4.68 Å². The van der Waals surface area contributed by atoms with Crippen LogP contribution in [-0.2, 0) is 13.1 Å². The van der Waals surface area contributed by atoms with Gasteiger partial charge in [-0.3, -0.25) is 19.5 Å². The maximum Gasteiger partial charge on any atom is 0.350 e. The molecule has 0 unspecified atom stereocenters. The van der Waals surface area contributed by atoms with Crippen LogP contribution in [0.3, 0.4) is 0 Å². The van der Waals surface area contributed by atoms with Crippen molar-refractivity contribution in [3.63, 3.8) is 0 Å². The van der Waals surface area contributed by atoms with Gasteiger partial charge in [0.25, 0.3) is 11.6 Å². The number of halogens is 1. The Balaban J connectivity index is 1.60. The zero-order valence-electron chi connectivity index (χ0n) is 14.5. The molecule has 0 saturated heterocycles. The van der Waals surface area contributed by atoms with Gasteiger partial charge in [-0.05, 0) is 36.4 Å². The van der Waals surface area contributed by atoms with Gasteiger partial charge in [-0.1, -0.05) is 11.6 Å². The number of carbonyl (C=O) groups is 1. The van der Waals surface area contributed by atoms with E-state index < -0.39 is 4.92 Å². The molecule has 10 heteroatoms. The number of nitrogens with zero attached hydrogens (tertiary/aromatic N) is 5. The highest BCUT2D eigenvalue weighted by Crippen LogP contribution is 2.17. The largest absolute Gasteiger partial charge is 0.350 e. The molecule has 3 aromatic rings. The highest BCUT2D eigenvalue weighted by atomic mass is 35.5. The van der Waals surface area contributed by atoms with E-state index in [1.807, 2.05) is 0 Å². The van der Waals surface area contributed by atoms with Crippen molar-refractivity contribution in [1.29, 1.82) is 0 Å². The zero-order chi connectivity index (χ0) is 19.8. The van der Waals surface area contributed by atoms with Crippen molar-refractivity contribution >= 4 is 23.2 Å².